The molecule has 2 aromatic rings. The largest absolute Gasteiger partial charge is 0.435 e. The molecule has 1 atom stereocenters. The van der Waals surface area contributed by atoms with E-state index in [0.29, 0.717) is 28.0 Å². The molecular formula is C21H28F3N3O4S2. The van der Waals surface area contributed by atoms with E-state index in [4.69, 9.17) is 5.14 Å². The van der Waals surface area contributed by atoms with Crippen molar-refractivity contribution in [3.05, 3.63) is 39.8 Å². The SMILES string of the molecule is CC(C)c1cc(OC(F)F)cc(C(C)C)c1CC(=O)N=S(N)(=O)c1sc(C(C)(C)O)nc1F. The minimum Gasteiger partial charge on any atom is -0.435 e. The molecule has 1 aromatic carbocycles. The average Bonchev–Trinajstić information content (AvgIpc) is 3.04. The van der Waals surface area contributed by atoms with Gasteiger partial charge in [-0.05, 0) is 54.5 Å². The summed E-state index contributed by atoms with van der Waals surface area (Å²) in [6, 6.07) is 2.87. The second-order valence-electron chi connectivity index (χ2n) is 8.65. The van der Waals surface area contributed by atoms with Crippen LogP contribution in [0.2, 0.25) is 0 Å². The lowest BCUT2D eigenvalue weighted by Crippen LogP contribution is -2.17. The first-order valence-corrected chi connectivity index (χ1v) is 12.5. The van der Waals surface area contributed by atoms with Gasteiger partial charge in [-0.1, -0.05) is 27.7 Å². The van der Waals surface area contributed by atoms with Crippen LogP contribution < -0.4 is 9.88 Å². The number of aromatic nitrogens is 1. The van der Waals surface area contributed by atoms with Crippen molar-refractivity contribution >= 4 is 27.2 Å². The van der Waals surface area contributed by atoms with Crippen LogP contribution >= 0.6 is 11.3 Å². The Morgan fingerprint density at radius 3 is 2.15 bits per heavy atom. The fourth-order valence-corrected chi connectivity index (χ4v) is 5.44. The lowest BCUT2D eigenvalue weighted by molar-refractivity contribution is -0.117. The summed E-state index contributed by atoms with van der Waals surface area (Å²) in [6.45, 7) is 7.05. The number of carbonyl (C=O) groups excluding carboxylic acids is 1. The van der Waals surface area contributed by atoms with Crippen LogP contribution in [0.15, 0.2) is 20.7 Å². The molecule has 0 radical (unpaired) electrons. The number of amides is 1. The number of hydrogen-bond acceptors (Lipinski definition) is 6. The molecule has 0 fully saturated rings. The van der Waals surface area contributed by atoms with E-state index in [1.807, 2.05) is 27.7 Å². The lowest BCUT2D eigenvalue weighted by Gasteiger charge is -2.21. The molecule has 0 saturated heterocycles. The summed E-state index contributed by atoms with van der Waals surface area (Å²) in [5.74, 6) is -2.37. The summed E-state index contributed by atoms with van der Waals surface area (Å²) in [4.78, 5) is 16.3. The number of nitrogens with zero attached hydrogens (tertiary/aromatic N) is 2. The first kappa shape index (κ1) is 27.2. The number of rotatable bonds is 8. The minimum atomic E-state index is -3.97. The summed E-state index contributed by atoms with van der Waals surface area (Å²) in [5, 5.41) is 15.7. The van der Waals surface area contributed by atoms with E-state index in [0.717, 1.165) is 0 Å². The van der Waals surface area contributed by atoms with Gasteiger partial charge in [0.15, 0.2) is 14.1 Å². The number of carbonyl (C=O) groups is 1. The van der Waals surface area contributed by atoms with Crippen molar-refractivity contribution in [2.24, 2.45) is 9.50 Å². The van der Waals surface area contributed by atoms with E-state index in [9.17, 15) is 27.3 Å². The van der Waals surface area contributed by atoms with Gasteiger partial charge in [0.05, 0.1) is 6.42 Å². The van der Waals surface area contributed by atoms with Gasteiger partial charge >= 0.3 is 6.61 Å². The van der Waals surface area contributed by atoms with Crippen LogP contribution in [0.1, 0.15) is 75.1 Å². The van der Waals surface area contributed by atoms with Crippen LogP contribution in [0, 0.1) is 5.95 Å². The van der Waals surface area contributed by atoms with Crippen LogP contribution in [-0.2, 0) is 26.7 Å². The third-order valence-corrected chi connectivity index (χ3v) is 7.95. The van der Waals surface area contributed by atoms with Crippen molar-refractivity contribution in [2.45, 2.75) is 76.2 Å². The Balaban J connectivity index is 2.52. The Kier molecular flexibility index (Phi) is 8.32. The van der Waals surface area contributed by atoms with Gasteiger partial charge in [0, 0.05) is 0 Å². The third kappa shape index (κ3) is 6.75. The molecule has 1 amide bonds. The van der Waals surface area contributed by atoms with Crippen molar-refractivity contribution in [3.8, 4) is 5.75 Å². The fourth-order valence-electron chi connectivity index (χ4n) is 3.20. The minimum absolute atomic E-state index is 0.0287. The molecule has 0 aliphatic carbocycles. The van der Waals surface area contributed by atoms with Crippen molar-refractivity contribution in [1.29, 1.82) is 0 Å². The van der Waals surface area contributed by atoms with Gasteiger partial charge in [0.2, 0.25) is 5.95 Å². The van der Waals surface area contributed by atoms with Crippen LogP contribution in [0.4, 0.5) is 13.2 Å². The molecule has 33 heavy (non-hydrogen) atoms. The van der Waals surface area contributed by atoms with Gasteiger partial charge < -0.3 is 9.84 Å². The molecule has 1 aromatic heterocycles. The van der Waals surface area contributed by atoms with E-state index < -0.39 is 38.2 Å². The maximum atomic E-state index is 14.3. The highest BCUT2D eigenvalue weighted by molar-refractivity contribution is 7.93. The zero-order valence-electron chi connectivity index (χ0n) is 19.2. The van der Waals surface area contributed by atoms with Crippen molar-refractivity contribution in [2.75, 3.05) is 0 Å². The average molecular weight is 508 g/mol. The quantitative estimate of drug-likeness (QED) is 0.531. The molecule has 12 heteroatoms. The predicted octanol–water partition coefficient (Wildman–Crippen LogP) is 4.83. The van der Waals surface area contributed by atoms with Gasteiger partial charge in [-0.3, -0.25) is 4.79 Å². The smallest absolute Gasteiger partial charge is 0.387 e. The molecule has 0 bridgehead atoms. The van der Waals surface area contributed by atoms with Crippen molar-refractivity contribution in [3.63, 3.8) is 0 Å². The molecule has 0 spiro atoms. The molecule has 1 unspecified atom stereocenters. The number of aliphatic hydroxyl groups is 1. The molecule has 2 rings (SSSR count). The van der Waals surface area contributed by atoms with Crippen LogP contribution in [0.3, 0.4) is 0 Å². The number of benzene rings is 1. The molecule has 0 aliphatic heterocycles. The zero-order chi connectivity index (χ0) is 25.3. The number of hydrogen-bond donors (Lipinski definition) is 2. The van der Waals surface area contributed by atoms with E-state index in [2.05, 4.69) is 14.1 Å². The van der Waals surface area contributed by atoms with Gasteiger partial charge in [0.25, 0.3) is 5.91 Å². The summed E-state index contributed by atoms with van der Waals surface area (Å²) in [5.41, 5.74) is 0.228. The molecule has 1 heterocycles. The van der Waals surface area contributed by atoms with E-state index in [1.54, 1.807) is 0 Å². The van der Waals surface area contributed by atoms with Crippen LogP contribution in [0.25, 0.3) is 0 Å². The maximum Gasteiger partial charge on any atom is 0.387 e. The monoisotopic (exact) mass is 507 g/mol. The van der Waals surface area contributed by atoms with Crippen molar-refractivity contribution in [1.82, 2.24) is 4.98 Å². The molecule has 3 N–H and O–H groups in total. The first-order valence-electron chi connectivity index (χ1n) is 10.1. The summed E-state index contributed by atoms with van der Waals surface area (Å²) in [6.07, 6.45) is -0.317. The number of thiazole rings is 1. The van der Waals surface area contributed by atoms with Crippen LogP contribution in [0.5, 0.6) is 5.75 Å². The summed E-state index contributed by atoms with van der Waals surface area (Å²) < 4.78 is 60.3. The predicted molar refractivity (Wildman–Crippen MR) is 120 cm³/mol. The molecule has 0 saturated carbocycles. The highest BCUT2D eigenvalue weighted by Gasteiger charge is 2.28. The lowest BCUT2D eigenvalue weighted by atomic mass is 9.86. The standard InChI is InChI=1S/C21H28F3N3O4S2/c1-10(2)13-7-12(31-20(23)24)8-14(11(3)4)15(13)9-16(28)27-33(25,30)18-17(22)26-19(32-18)21(5,6)29/h7-8,10-11,20,29H,9H2,1-6H3,(H2,25,27,28,30). The topological polar surface area (TPSA) is 115 Å². The molecule has 0 aliphatic rings. The van der Waals surface area contributed by atoms with Gasteiger partial charge in [-0.25, -0.2) is 14.3 Å². The van der Waals surface area contributed by atoms with Crippen LogP contribution in [-0.4, -0.2) is 26.8 Å². The number of ether oxygens (including phenoxy) is 1. The van der Waals surface area contributed by atoms with E-state index in [-0.39, 0.29) is 29.0 Å². The zero-order valence-corrected chi connectivity index (χ0v) is 20.8. The van der Waals surface area contributed by atoms with E-state index in [1.165, 1.54) is 26.0 Å². The highest BCUT2D eigenvalue weighted by Crippen LogP contribution is 2.34. The van der Waals surface area contributed by atoms with Crippen molar-refractivity contribution < 1.29 is 32.0 Å². The number of nitrogens with two attached hydrogens (primary N) is 1. The normalized spacial score (nSPS) is 14.1. The number of alkyl halides is 2. The second-order valence-corrected chi connectivity index (χ2v) is 11.6. The Labute approximate surface area is 195 Å². The molecule has 7 nitrogen and oxygen atoms in total. The van der Waals surface area contributed by atoms with Gasteiger partial charge in [-0.2, -0.15) is 13.2 Å². The summed E-state index contributed by atoms with van der Waals surface area (Å²) >= 11 is 0.575. The Morgan fingerprint density at radius 1 is 1.24 bits per heavy atom. The fraction of sp³-hybridized carbons (Fsp3) is 0.524. The van der Waals surface area contributed by atoms with E-state index >= 15 is 0 Å². The Bertz CT molecular complexity index is 1120. The number of halogens is 3. The Morgan fingerprint density at radius 2 is 1.76 bits per heavy atom. The summed E-state index contributed by atoms with van der Waals surface area (Å²) in [7, 11) is -3.97. The molecular weight excluding hydrogens is 479 g/mol. The first-order chi connectivity index (χ1) is 15.0. The van der Waals surface area contributed by atoms with Gasteiger partial charge in [0.1, 0.15) is 16.4 Å². The second kappa shape index (κ2) is 10.1. The Hall–Kier alpha value is -2.02. The van der Waals surface area contributed by atoms with Gasteiger partial charge in [-0.15, -0.1) is 15.7 Å². The highest BCUT2D eigenvalue weighted by atomic mass is 32.2. The molecule has 184 valence electrons. The third-order valence-electron chi connectivity index (χ3n) is 4.67. The maximum absolute atomic E-state index is 14.3.